The maximum Gasteiger partial charge on any atom is 0.268 e. The molecule has 1 aromatic heterocycles. The lowest BCUT2D eigenvalue weighted by Gasteiger charge is -2.07. The van der Waals surface area contributed by atoms with Gasteiger partial charge < -0.3 is 9.72 Å². The summed E-state index contributed by atoms with van der Waals surface area (Å²) in [7, 11) is 0. The molecule has 92 valence electrons. The van der Waals surface area contributed by atoms with Gasteiger partial charge in [0.1, 0.15) is 10.2 Å². The number of aryl methyl sites for hydroxylation is 2. The van der Waals surface area contributed by atoms with Crippen LogP contribution in [0.5, 0.6) is 11.6 Å². The van der Waals surface area contributed by atoms with E-state index in [9.17, 15) is 4.79 Å². The number of ether oxygens (including phenoxy) is 1. The Balaban J connectivity index is 1.93. The number of rotatable bonds is 2. The molecule has 3 rings (SSSR count). The zero-order chi connectivity index (χ0) is 12.5. The van der Waals surface area contributed by atoms with Crippen molar-refractivity contribution in [3.8, 4) is 11.6 Å². The zero-order valence-corrected chi connectivity index (χ0v) is 11.2. The van der Waals surface area contributed by atoms with Gasteiger partial charge in [-0.15, -0.1) is 0 Å². The molecule has 0 saturated carbocycles. The van der Waals surface area contributed by atoms with Crippen LogP contribution in [0, 0.1) is 0 Å². The van der Waals surface area contributed by atoms with Crippen LogP contribution in [0.1, 0.15) is 17.5 Å². The molecule has 0 radical (unpaired) electrons. The van der Waals surface area contributed by atoms with Crippen molar-refractivity contribution in [3.63, 3.8) is 0 Å². The van der Waals surface area contributed by atoms with Crippen LogP contribution in [0.2, 0.25) is 0 Å². The Morgan fingerprint density at radius 1 is 1.28 bits per heavy atom. The Labute approximate surface area is 112 Å². The lowest BCUT2D eigenvalue weighted by Crippen LogP contribution is -2.08. The number of hydrogen-bond donors (Lipinski definition) is 1. The predicted molar refractivity (Wildman–Crippen MR) is 71.1 cm³/mol. The van der Waals surface area contributed by atoms with Gasteiger partial charge in [-0.1, -0.05) is 6.07 Å². The molecule has 0 amide bonds. The number of H-pyrrole nitrogens is 1. The zero-order valence-electron chi connectivity index (χ0n) is 9.57. The predicted octanol–water partition coefficient (Wildman–Crippen LogP) is 2.81. The first-order valence-electron chi connectivity index (χ1n) is 5.77. The fourth-order valence-electron chi connectivity index (χ4n) is 2.16. The molecule has 2 aromatic rings. The van der Waals surface area contributed by atoms with Crippen LogP contribution in [-0.4, -0.2) is 9.97 Å². The number of benzene rings is 1. The summed E-state index contributed by atoms with van der Waals surface area (Å²) < 4.78 is 5.95. The fourth-order valence-corrected chi connectivity index (χ4v) is 2.46. The molecule has 0 aliphatic heterocycles. The highest BCUT2D eigenvalue weighted by atomic mass is 79.9. The normalized spacial score (nSPS) is 13.4. The van der Waals surface area contributed by atoms with Crippen molar-refractivity contribution in [2.75, 3.05) is 0 Å². The third-order valence-corrected chi connectivity index (χ3v) is 3.75. The Hall–Kier alpha value is -1.62. The first-order chi connectivity index (χ1) is 8.74. The topological polar surface area (TPSA) is 55.0 Å². The summed E-state index contributed by atoms with van der Waals surface area (Å²) in [6.07, 6.45) is 4.76. The summed E-state index contributed by atoms with van der Waals surface area (Å²) >= 11 is 3.17. The Morgan fingerprint density at radius 2 is 2.11 bits per heavy atom. The highest BCUT2D eigenvalue weighted by molar-refractivity contribution is 9.10. The van der Waals surface area contributed by atoms with Gasteiger partial charge in [-0.25, -0.2) is 4.98 Å². The molecule has 0 atom stereocenters. The largest absolute Gasteiger partial charge is 0.438 e. The third kappa shape index (κ3) is 2.06. The number of halogens is 1. The molecule has 18 heavy (non-hydrogen) atoms. The van der Waals surface area contributed by atoms with Crippen LogP contribution >= 0.6 is 15.9 Å². The molecule has 1 aliphatic rings. The van der Waals surface area contributed by atoms with E-state index in [0.717, 1.165) is 18.6 Å². The van der Waals surface area contributed by atoms with Crippen molar-refractivity contribution in [2.45, 2.75) is 19.3 Å². The van der Waals surface area contributed by atoms with Crippen LogP contribution in [-0.2, 0) is 12.8 Å². The van der Waals surface area contributed by atoms with Gasteiger partial charge >= 0.3 is 0 Å². The second-order valence-electron chi connectivity index (χ2n) is 4.24. The molecular weight excluding hydrogens is 296 g/mol. The minimum Gasteiger partial charge on any atom is -0.438 e. The van der Waals surface area contributed by atoms with Gasteiger partial charge in [0.05, 0.1) is 6.33 Å². The lowest BCUT2D eigenvalue weighted by atomic mass is 10.1. The number of nitrogens with zero attached hydrogens (tertiary/aromatic N) is 1. The summed E-state index contributed by atoms with van der Waals surface area (Å²) in [4.78, 5) is 17.9. The van der Waals surface area contributed by atoms with Crippen molar-refractivity contribution < 1.29 is 4.74 Å². The van der Waals surface area contributed by atoms with Crippen LogP contribution < -0.4 is 10.3 Å². The molecule has 0 fully saturated rings. The van der Waals surface area contributed by atoms with Gasteiger partial charge in [0, 0.05) is 0 Å². The summed E-state index contributed by atoms with van der Waals surface area (Å²) in [5.74, 6) is 1.01. The lowest BCUT2D eigenvalue weighted by molar-refractivity contribution is 0.456. The monoisotopic (exact) mass is 306 g/mol. The van der Waals surface area contributed by atoms with E-state index in [2.05, 4.69) is 32.0 Å². The van der Waals surface area contributed by atoms with E-state index in [1.165, 1.54) is 23.9 Å². The van der Waals surface area contributed by atoms with Crippen molar-refractivity contribution in [1.82, 2.24) is 9.97 Å². The standard InChI is InChI=1S/C13H11BrN2O2/c14-11-12(17)15-7-16-13(11)18-10-5-4-8-2-1-3-9(8)6-10/h4-7H,1-3H2,(H,15,16,17). The van der Waals surface area contributed by atoms with E-state index in [-0.39, 0.29) is 11.4 Å². The molecule has 1 heterocycles. The van der Waals surface area contributed by atoms with E-state index in [1.807, 2.05) is 12.1 Å². The quantitative estimate of drug-likeness (QED) is 0.928. The van der Waals surface area contributed by atoms with Crippen molar-refractivity contribution in [1.29, 1.82) is 0 Å². The molecule has 0 spiro atoms. The number of aromatic nitrogens is 2. The van der Waals surface area contributed by atoms with Crippen molar-refractivity contribution in [2.24, 2.45) is 0 Å². The van der Waals surface area contributed by atoms with Gasteiger partial charge in [-0.3, -0.25) is 4.79 Å². The Morgan fingerprint density at radius 3 is 3.00 bits per heavy atom. The highest BCUT2D eigenvalue weighted by Gasteiger charge is 2.13. The Kier molecular flexibility index (Phi) is 2.91. The number of hydrogen-bond acceptors (Lipinski definition) is 3. The molecule has 1 aromatic carbocycles. The fraction of sp³-hybridized carbons (Fsp3) is 0.231. The number of fused-ring (bicyclic) bond motifs is 1. The van der Waals surface area contributed by atoms with Gasteiger partial charge in [0.2, 0.25) is 5.88 Å². The van der Waals surface area contributed by atoms with Gasteiger partial charge in [-0.2, -0.15) is 0 Å². The minimum atomic E-state index is -0.249. The van der Waals surface area contributed by atoms with E-state index < -0.39 is 0 Å². The molecule has 1 aliphatic carbocycles. The first-order valence-corrected chi connectivity index (χ1v) is 6.56. The molecular formula is C13H11BrN2O2. The van der Waals surface area contributed by atoms with Crippen LogP contribution in [0.3, 0.4) is 0 Å². The Bertz CT molecular complexity index is 652. The van der Waals surface area contributed by atoms with Crippen LogP contribution in [0.4, 0.5) is 0 Å². The maximum absolute atomic E-state index is 11.4. The smallest absolute Gasteiger partial charge is 0.268 e. The second-order valence-corrected chi connectivity index (χ2v) is 5.03. The molecule has 4 nitrogen and oxygen atoms in total. The van der Waals surface area contributed by atoms with Gasteiger partial charge in [-0.05, 0) is 58.5 Å². The van der Waals surface area contributed by atoms with Crippen molar-refractivity contribution >= 4 is 15.9 Å². The summed E-state index contributed by atoms with van der Waals surface area (Å²) in [6, 6.07) is 6.02. The van der Waals surface area contributed by atoms with Crippen molar-refractivity contribution in [3.05, 3.63) is 50.5 Å². The highest BCUT2D eigenvalue weighted by Crippen LogP contribution is 2.29. The van der Waals surface area contributed by atoms with Crippen LogP contribution in [0.15, 0.2) is 33.8 Å². The summed E-state index contributed by atoms with van der Waals surface area (Å²) in [5, 5.41) is 0. The first kappa shape index (κ1) is 11.5. The third-order valence-electron chi connectivity index (χ3n) is 3.05. The van der Waals surface area contributed by atoms with Gasteiger partial charge in [0.25, 0.3) is 5.56 Å². The average molecular weight is 307 g/mol. The van der Waals surface area contributed by atoms with E-state index in [1.54, 1.807) is 0 Å². The molecule has 0 bridgehead atoms. The summed E-state index contributed by atoms with van der Waals surface area (Å²) in [6.45, 7) is 0. The SMILES string of the molecule is O=c1[nH]cnc(Oc2ccc3c(c2)CCC3)c1Br. The number of aromatic amines is 1. The van der Waals surface area contributed by atoms with E-state index in [0.29, 0.717) is 4.47 Å². The molecule has 5 heteroatoms. The van der Waals surface area contributed by atoms with Crippen LogP contribution in [0.25, 0.3) is 0 Å². The maximum atomic E-state index is 11.4. The van der Waals surface area contributed by atoms with E-state index in [4.69, 9.17) is 4.74 Å². The number of nitrogens with one attached hydrogen (secondary N) is 1. The van der Waals surface area contributed by atoms with Gasteiger partial charge in [0.15, 0.2) is 0 Å². The second kappa shape index (κ2) is 4.57. The minimum absolute atomic E-state index is 0.249. The molecule has 1 N–H and O–H groups in total. The average Bonchev–Trinajstić information content (AvgIpc) is 2.82. The molecule has 0 saturated heterocycles. The molecule has 0 unspecified atom stereocenters. The van der Waals surface area contributed by atoms with E-state index >= 15 is 0 Å². The summed E-state index contributed by atoms with van der Waals surface area (Å²) in [5.41, 5.74) is 2.47.